The number of rotatable bonds is 7. The zero-order valence-electron chi connectivity index (χ0n) is 20.7. The number of carboxylic acid groups (broad SMARTS) is 1. The zero-order valence-corrected chi connectivity index (χ0v) is 22.4. The van der Waals surface area contributed by atoms with Crippen LogP contribution in [0, 0.1) is 6.92 Å². The second-order valence-electron chi connectivity index (χ2n) is 8.88. The molecule has 2 aromatic heterocycles. The molecule has 38 heavy (non-hydrogen) atoms. The monoisotopic (exact) mass is 573 g/mol. The largest absolute Gasteiger partial charge is 0.465 e. The fourth-order valence-corrected chi connectivity index (χ4v) is 7.22. The summed E-state index contributed by atoms with van der Waals surface area (Å²) < 4.78 is 67.9. The predicted octanol–water partition coefficient (Wildman–Crippen LogP) is 3.33. The highest BCUT2D eigenvalue weighted by atomic mass is 32.2. The second-order valence-corrected chi connectivity index (χ2v) is 12.0. The summed E-state index contributed by atoms with van der Waals surface area (Å²) in [6.45, 7) is 5.23. The molecule has 0 unspecified atom stereocenters. The molecule has 1 fully saturated rings. The number of anilines is 2. The molecule has 0 radical (unpaired) electrons. The van der Waals surface area contributed by atoms with Gasteiger partial charge in [-0.2, -0.15) is 17.5 Å². The molecule has 0 bridgehead atoms. The Morgan fingerprint density at radius 1 is 1.24 bits per heavy atom. The average molecular weight is 574 g/mol. The van der Waals surface area contributed by atoms with Crippen LogP contribution in [0.25, 0.3) is 10.9 Å². The van der Waals surface area contributed by atoms with Gasteiger partial charge in [-0.25, -0.2) is 28.2 Å². The minimum Gasteiger partial charge on any atom is -0.465 e. The Labute approximate surface area is 221 Å². The van der Waals surface area contributed by atoms with E-state index < -0.39 is 27.9 Å². The first-order valence-corrected chi connectivity index (χ1v) is 13.8. The van der Waals surface area contributed by atoms with E-state index in [1.807, 2.05) is 6.92 Å². The lowest BCUT2D eigenvalue weighted by Gasteiger charge is -2.35. The summed E-state index contributed by atoms with van der Waals surface area (Å²) in [4.78, 5) is 26.2. The number of fused-ring (bicyclic) bond motifs is 1. The van der Waals surface area contributed by atoms with E-state index >= 15 is 0 Å². The van der Waals surface area contributed by atoms with Crippen molar-refractivity contribution in [3.63, 3.8) is 0 Å². The summed E-state index contributed by atoms with van der Waals surface area (Å²) >= 11 is 0.811. The summed E-state index contributed by atoms with van der Waals surface area (Å²) in [5.41, 5.74) is -0.771. The van der Waals surface area contributed by atoms with E-state index in [2.05, 4.69) is 25.2 Å². The molecular weight excluding hydrogens is 547 g/mol. The molecule has 1 saturated heterocycles. The fourth-order valence-electron chi connectivity index (χ4n) is 4.20. The highest BCUT2D eigenvalue weighted by molar-refractivity contribution is 7.91. The van der Waals surface area contributed by atoms with Crippen molar-refractivity contribution in [1.82, 2.24) is 24.2 Å². The van der Waals surface area contributed by atoms with Gasteiger partial charge in [-0.05, 0) is 26.0 Å². The van der Waals surface area contributed by atoms with E-state index in [4.69, 9.17) is 5.11 Å². The van der Waals surface area contributed by atoms with Crippen LogP contribution in [0.4, 0.5) is 28.9 Å². The summed E-state index contributed by atoms with van der Waals surface area (Å²) in [6, 6.07) is 3.63. The van der Waals surface area contributed by atoms with Gasteiger partial charge < -0.3 is 10.4 Å². The van der Waals surface area contributed by atoms with E-state index in [0.717, 1.165) is 28.6 Å². The van der Waals surface area contributed by atoms with Gasteiger partial charge in [0.1, 0.15) is 12.1 Å². The summed E-state index contributed by atoms with van der Waals surface area (Å²) in [5, 5.41) is 12.6. The van der Waals surface area contributed by atoms with Gasteiger partial charge in [0.25, 0.3) is 10.0 Å². The number of halogens is 3. The molecule has 3 aromatic rings. The molecule has 1 atom stereocenters. The molecule has 3 heterocycles. The van der Waals surface area contributed by atoms with Gasteiger partial charge in [0, 0.05) is 51.2 Å². The molecular formula is C22H26F3N7O4S2. The molecule has 0 spiro atoms. The third-order valence-electron chi connectivity index (χ3n) is 6.11. The zero-order chi connectivity index (χ0) is 27.8. The van der Waals surface area contributed by atoms with Crippen LogP contribution >= 0.6 is 11.3 Å². The Morgan fingerprint density at radius 3 is 2.55 bits per heavy atom. The first-order valence-electron chi connectivity index (χ1n) is 11.5. The van der Waals surface area contributed by atoms with Crippen LogP contribution in [0.2, 0.25) is 0 Å². The number of hydrogen-bond acceptors (Lipinski definition) is 9. The number of aryl methyl sites for hydroxylation is 1. The van der Waals surface area contributed by atoms with Crippen LogP contribution in [-0.2, 0) is 16.2 Å². The quantitative estimate of drug-likeness (QED) is 0.437. The average Bonchev–Trinajstić information content (AvgIpc) is 3.25. The van der Waals surface area contributed by atoms with E-state index in [1.165, 1.54) is 30.4 Å². The number of para-hydroxylation sites is 1. The van der Waals surface area contributed by atoms with Gasteiger partial charge in [0.2, 0.25) is 0 Å². The molecule has 4 rings (SSSR count). The Balaban J connectivity index is 1.40. The molecule has 1 aromatic carbocycles. The number of amides is 1. The van der Waals surface area contributed by atoms with Crippen LogP contribution in [0.15, 0.2) is 28.7 Å². The molecule has 1 aliphatic heterocycles. The Bertz CT molecular complexity index is 1440. The number of nitrogens with zero attached hydrogens (tertiary/aromatic N) is 6. The molecule has 1 aliphatic rings. The lowest BCUT2D eigenvalue weighted by Crippen LogP contribution is -2.50. The maximum atomic E-state index is 13.4. The number of alkyl halides is 3. The Kier molecular flexibility index (Phi) is 7.79. The van der Waals surface area contributed by atoms with E-state index in [9.17, 15) is 26.4 Å². The minimum atomic E-state index is -4.54. The lowest BCUT2D eigenvalue weighted by atomic mass is 10.1. The highest BCUT2D eigenvalue weighted by Crippen LogP contribution is 2.35. The standard InChI is InChI=1S/C22H26F3N7O4S2/c1-13(28-18-15-5-4-6-16(22(23,24)25)17(15)26-12-27-18)11-31-7-9-32(10-8-31)38(35,36)19-14(2)29-20(37-19)30(3)21(33)34/h4-6,12-13H,7-11H2,1-3H3,(H,33,34)(H,26,27,28)/t13-/m0/s1. The third-order valence-corrected chi connectivity index (χ3v) is 9.83. The van der Waals surface area contributed by atoms with Crippen molar-refractivity contribution in [2.24, 2.45) is 0 Å². The van der Waals surface area contributed by atoms with Crippen LogP contribution in [0.1, 0.15) is 18.2 Å². The van der Waals surface area contributed by atoms with Crippen molar-refractivity contribution in [1.29, 1.82) is 0 Å². The van der Waals surface area contributed by atoms with Crippen molar-refractivity contribution in [2.45, 2.75) is 30.3 Å². The Hall–Kier alpha value is -3.08. The number of thiazole rings is 1. The van der Waals surface area contributed by atoms with Gasteiger partial charge in [-0.3, -0.25) is 9.80 Å². The second kappa shape index (κ2) is 10.6. The molecule has 1 amide bonds. The molecule has 206 valence electrons. The first-order chi connectivity index (χ1) is 17.8. The number of carbonyl (C=O) groups is 1. The van der Waals surface area contributed by atoms with Gasteiger partial charge >= 0.3 is 12.3 Å². The topological polar surface area (TPSA) is 132 Å². The highest BCUT2D eigenvalue weighted by Gasteiger charge is 2.34. The summed E-state index contributed by atoms with van der Waals surface area (Å²) in [7, 11) is -2.56. The van der Waals surface area contributed by atoms with E-state index in [0.29, 0.717) is 19.6 Å². The van der Waals surface area contributed by atoms with Crippen LogP contribution in [0.5, 0.6) is 0 Å². The van der Waals surface area contributed by atoms with Gasteiger partial charge in [0.15, 0.2) is 9.34 Å². The number of aromatic nitrogens is 3. The van der Waals surface area contributed by atoms with Crippen molar-refractivity contribution in [3.05, 3.63) is 35.8 Å². The minimum absolute atomic E-state index is 0.0120. The summed E-state index contributed by atoms with van der Waals surface area (Å²) in [6.07, 6.45) is -4.69. The predicted molar refractivity (Wildman–Crippen MR) is 136 cm³/mol. The smallest absolute Gasteiger partial charge is 0.418 e. The molecule has 0 saturated carbocycles. The number of piperazine rings is 1. The molecule has 16 heteroatoms. The first kappa shape index (κ1) is 27.9. The Morgan fingerprint density at radius 2 is 1.92 bits per heavy atom. The normalized spacial score (nSPS) is 16.5. The maximum Gasteiger partial charge on any atom is 0.418 e. The fraction of sp³-hybridized carbons (Fsp3) is 0.455. The van der Waals surface area contributed by atoms with Crippen LogP contribution < -0.4 is 10.2 Å². The van der Waals surface area contributed by atoms with E-state index in [-0.39, 0.29) is 50.9 Å². The molecule has 0 aliphatic carbocycles. The molecule has 2 N–H and O–H groups in total. The molecule has 11 nitrogen and oxygen atoms in total. The lowest BCUT2D eigenvalue weighted by molar-refractivity contribution is -0.136. The van der Waals surface area contributed by atoms with Crippen molar-refractivity contribution in [2.75, 3.05) is 50.0 Å². The number of benzene rings is 1. The third kappa shape index (κ3) is 5.67. The van der Waals surface area contributed by atoms with Crippen molar-refractivity contribution < 1.29 is 31.5 Å². The number of sulfonamides is 1. The van der Waals surface area contributed by atoms with Gasteiger partial charge in [0.05, 0.1) is 16.8 Å². The summed E-state index contributed by atoms with van der Waals surface area (Å²) in [5.74, 6) is 0.289. The van der Waals surface area contributed by atoms with Crippen molar-refractivity contribution >= 4 is 49.3 Å². The van der Waals surface area contributed by atoms with Crippen LogP contribution in [0.3, 0.4) is 0 Å². The van der Waals surface area contributed by atoms with Gasteiger partial charge in [-0.15, -0.1) is 0 Å². The number of nitrogens with one attached hydrogen (secondary N) is 1. The van der Waals surface area contributed by atoms with Crippen molar-refractivity contribution in [3.8, 4) is 0 Å². The van der Waals surface area contributed by atoms with Crippen LogP contribution in [-0.4, -0.2) is 89.6 Å². The maximum absolute atomic E-state index is 13.4. The van der Waals surface area contributed by atoms with Gasteiger partial charge in [-0.1, -0.05) is 17.4 Å². The number of hydrogen-bond donors (Lipinski definition) is 2. The van der Waals surface area contributed by atoms with E-state index in [1.54, 1.807) is 0 Å². The SMILES string of the molecule is Cc1nc(N(C)C(=O)O)sc1S(=O)(=O)N1CCN(C[C@H](C)Nc2ncnc3c(C(F)(F)F)cccc23)CC1.